The number of aromatic nitrogens is 2. The molecule has 0 saturated carbocycles. The van der Waals surface area contributed by atoms with Crippen molar-refractivity contribution in [3.63, 3.8) is 0 Å². The monoisotopic (exact) mass is 408 g/mol. The molecule has 2 rings (SSSR count). The number of nitrogen functional groups attached to an aromatic ring is 1. The Bertz CT molecular complexity index is 872. The van der Waals surface area contributed by atoms with Gasteiger partial charge in [-0.05, 0) is 26.0 Å². The van der Waals surface area contributed by atoms with Crippen LogP contribution in [0.4, 0.5) is 24.7 Å². The van der Waals surface area contributed by atoms with E-state index in [1.54, 1.807) is 0 Å². The zero-order chi connectivity index (χ0) is 20.4. The molecule has 1 heterocycles. The number of nitrogens with two attached hydrogens (primary N) is 1. The zero-order valence-corrected chi connectivity index (χ0v) is 15.2. The van der Waals surface area contributed by atoms with Crippen molar-refractivity contribution < 1.29 is 31.7 Å². The van der Waals surface area contributed by atoms with E-state index < -0.39 is 35.5 Å². The Labute approximate surface area is 151 Å². The standard InChI is InChI=1S/C14H16F3N4O5P/c1-3-25-27(24,26-4-2)11-12(14(15,16)17)19-20(13(11)18)9-5-7-10(8-6-9)21(22)23/h5-8H,3-4,18H2,1-2H3. The van der Waals surface area contributed by atoms with Gasteiger partial charge in [0.15, 0.2) is 5.69 Å². The fraction of sp³-hybridized carbons (Fsp3) is 0.357. The van der Waals surface area contributed by atoms with Crippen molar-refractivity contribution in [2.45, 2.75) is 20.0 Å². The first kappa shape index (κ1) is 20.9. The van der Waals surface area contributed by atoms with Crippen LogP contribution in [0.25, 0.3) is 5.69 Å². The summed E-state index contributed by atoms with van der Waals surface area (Å²) >= 11 is 0. The Balaban J connectivity index is 2.70. The van der Waals surface area contributed by atoms with Crippen LogP contribution in [0.15, 0.2) is 24.3 Å². The van der Waals surface area contributed by atoms with Gasteiger partial charge in [-0.1, -0.05) is 0 Å². The number of non-ortho nitro benzene ring substituents is 1. The zero-order valence-electron chi connectivity index (χ0n) is 14.3. The number of anilines is 1. The number of nitrogens with zero attached hydrogens (tertiary/aromatic N) is 3. The summed E-state index contributed by atoms with van der Waals surface area (Å²) in [7, 11) is -4.40. The van der Waals surface area contributed by atoms with Crippen LogP contribution in [0.1, 0.15) is 19.5 Å². The van der Waals surface area contributed by atoms with E-state index in [4.69, 9.17) is 14.8 Å². The maximum absolute atomic E-state index is 13.5. The second kappa shape index (κ2) is 7.67. The molecule has 0 aliphatic rings. The predicted octanol–water partition coefficient (Wildman–Crippen LogP) is 3.27. The maximum atomic E-state index is 13.5. The van der Waals surface area contributed by atoms with Crippen LogP contribution in [-0.2, 0) is 19.8 Å². The summed E-state index contributed by atoms with van der Waals surface area (Å²) in [6.07, 6.45) is -4.99. The highest BCUT2D eigenvalue weighted by atomic mass is 31.2. The SMILES string of the molecule is CCOP(=O)(OCC)c1c(C(F)(F)F)nn(-c2ccc([N+](=O)[O-])cc2)c1N. The van der Waals surface area contributed by atoms with E-state index in [-0.39, 0.29) is 24.6 Å². The number of halogens is 3. The quantitative estimate of drug-likeness (QED) is 0.424. The molecule has 148 valence electrons. The van der Waals surface area contributed by atoms with Gasteiger partial charge in [-0.25, -0.2) is 4.68 Å². The number of rotatable bonds is 7. The third kappa shape index (κ3) is 4.12. The number of nitro benzene ring substituents is 1. The number of nitro groups is 1. The summed E-state index contributed by atoms with van der Waals surface area (Å²) < 4.78 is 64.0. The summed E-state index contributed by atoms with van der Waals surface area (Å²) in [6.45, 7) is 2.51. The Morgan fingerprint density at radius 2 is 1.74 bits per heavy atom. The molecule has 0 radical (unpaired) electrons. The first-order valence-corrected chi connectivity index (χ1v) is 9.19. The minimum Gasteiger partial charge on any atom is -0.383 e. The van der Waals surface area contributed by atoms with E-state index in [9.17, 15) is 27.9 Å². The molecule has 13 heteroatoms. The van der Waals surface area contributed by atoms with Gasteiger partial charge in [0.1, 0.15) is 11.1 Å². The van der Waals surface area contributed by atoms with Crippen LogP contribution in [-0.4, -0.2) is 27.9 Å². The second-order valence-corrected chi connectivity index (χ2v) is 7.06. The molecule has 9 nitrogen and oxygen atoms in total. The molecular weight excluding hydrogens is 392 g/mol. The number of benzene rings is 1. The molecule has 0 amide bonds. The van der Waals surface area contributed by atoms with E-state index in [2.05, 4.69) is 5.10 Å². The van der Waals surface area contributed by atoms with Crippen LogP contribution >= 0.6 is 7.60 Å². The molecule has 0 aliphatic carbocycles. The van der Waals surface area contributed by atoms with Gasteiger partial charge < -0.3 is 14.8 Å². The predicted molar refractivity (Wildman–Crippen MR) is 90.1 cm³/mol. The third-order valence-electron chi connectivity index (χ3n) is 3.34. The van der Waals surface area contributed by atoms with E-state index in [1.807, 2.05) is 0 Å². The lowest BCUT2D eigenvalue weighted by Crippen LogP contribution is -2.22. The number of hydrogen-bond acceptors (Lipinski definition) is 7. The largest absolute Gasteiger partial charge is 0.436 e. The van der Waals surface area contributed by atoms with E-state index in [1.165, 1.54) is 13.8 Å². The Morgan fingerprint density at radius 1 is 1.22 bits per heavy atom. The number of alkyl halides is 3. The van der Waals surface area contributed by atoms with Crippen molar-refractivity contribution in [3.8, 4) is 5.69 Å². The molecule has 0 aliphatic heterocycles. The van der Waals surface area contributed by atoms with E-state index >= 15 is 0 Å². The summed E-state index contributed by atoms with van der Waals surface area (Å²) in [5.74, 6) is -0.596. The van der Waals surface area contributed by atoms with Crippen molar-refractivity contribution in [2.24, 2.45) is 0 Å². The molecule has 0 atom stereocenters. The van der Waals surface area contributed by atoms with Crippen LogP contribution in [0.3, 0.4) is 0 Å². The van der Waals surface area contributed by atoms with Crippen molar-refractivity contribution in [1.29, 1.82) is 0 Å². The lowest BCUT2D eigenvalue weighted by molar-refractivity contribution is -0.384. The average Bonchev–Trinajstić information content (AvgIpc) is 2.93. The molecule has 0 unspecified atom stereocenters. The third-order valence-corrected chi connectivity index (χ3v) is 5.53. The number of hydrogen-bond donors (Lipinski definition) is 1. The summed E-state index contributed by atoms with van der Waals surface area (Å²) in [5, 5.41) is 13.2. The Morgan fingerprint density at radius 3 is 2.15 bits per heavy atom. The van der Waals surface area contributed by atoms with Gasteiger partial charge in [0.25, 0.3) is 5.69 Å². The van der Waals surface area contributed by atoms with Gasteiger partial charge in [-0.3, -0.25) is 14.7 Å². The average molecular weight is 408 g/mol. The molecule has 27 heavy (non-hydrogen) atoms. The molecule has 0 spiro atoms. The fourth-order valence-corrected chi connectivity index (χ4v) is 4.12. The molecular formula is C14H16F3N4O5P. The van der Waals surface area contributed by atoms with Crippen molar-refractivity contribution in [3.05, 3.63) is 40.1 Å². The van der Waals surface area contributed by atoms with Gasteiger partial charge in [0.05, 0.1) is 23.8 Å². The van der Waals surface area contributed by atoms with Crippen LogP contribution in [0, 0.1) is 10.1 Å². The van der Waals surface area contributed by atoms with Crippen LogP contribution < -0.4 is 11.0 Å². The molecule has 0 fully saturated rings. The summed E-state index contributed by atoms with van der Waals surface area (Å²) in [4.78, 5) is 10.1. The Hall–Kier alpha value is -2.43. The first-order valence-electron chi connectivity index (χ1n) is 7.65. The highest BCUT2D eigenvalue weighted by molar-refractivity contribution is 7.62. The van der Waals surface area contributed by atoms with Gasteiger partial charge in [-0.2, -0.15) is 18.3 Å². The first-order chi connectivity index (χ1) is 12.5. The molecule has 0 bridgehead atoms. The summed E-state index contributed by atoms with van der Waals surface area (Å²) in [5.41, 5.74) is 4.04. The van der Waals surface area contributed by atoms with Gasteiger partial charge >= 0.3 is 13.8 Å². The highest BCUT2D eigenvalue weighted by Crippen LogP contribution is 2.51. The van der Waals surface area contributed by atoms with Crippen LogP contribution in [0.5, 0.6) is 0 Å². The van der Waals surface area contributed by atoms with Gasteiger partial charge in [0.2, 0.25) is 0 Å². The molecule has 0 saturated heterocycles. The van der Waals surface area contributed by atoms with E-state index in [0.29, 0.717) is 4.68 Å². The van der Waals surface area contributed by atoms with Gasteiger partial charge in [-0.15, -0.1) is 0 Å². The van der Waals surface area contributed by atoms with Crippen LogP contribution in [0.2, 0.25) is 0 Å². The lowest BCUT2D eigenvalue weighted by Gasteiger charge is -2.18. The molecule has 2 N–H and O–H groups in total. The normalized spacial score (nSPS) is 12.3. The molecule has 1 aromatic carbocycles. The van der Waals surface area contributed by atoms with Crippen molar-refractivity contribution in [1.82, 2.24) is 9.78 Å². The minimum absolute atomic E-state index is 0.00870. The smallest absolute Gasteiger partial charge is 0.383 e. The van der Waals surface area contributed by atoms with Crippen molar-refractivity contribution in [2.75, 3.05) is 18.9 Å². The van der Waals surface area contributed by atoms with Crippen molar-refractivity contribution >= 4 is 24.4 Å². The fourth-order valence-electron chi connectivity index (χ4n) is 2.30. The lowest BCUT2D eigenvalue weighted by atomic mass is 10.3. The highest BCUT2D eigenvalue weighted by Gasteiger charge is 2.47. The topological polar surface area (TPSA) is 123 Å². The minimum atomic E-state index is -4.99. The summed E-state index contributed by atoms with van der Waals surface area (Å²) in [6, 6.07) is 4.48. The maximum Gasteiger partial charge on any atom is 0.436 e. The van der Waals surface area contributed by atoms with E-state index in [0.717, 1.165) is 24.3 Å². The molecule has 2 aromatic rings. The second-order valence-electron chi connectivity index (χ2n) is 5.10. The van der Waals surface area contributed by atoms with Gasteiger partial charge in [0, 0.05) is 12.1 Å². The molecule has 1 aromatic heterocycles. The Kier molecular flexibility index (Phi) is 5.93.